The molecule has 6 N–H and O–H groups in total. The Balaban J connectivity index is 2.08. The van der Waals surface area contributed by atoms with Crippen molar-refractivity contribution in [3.63, 3.8) is 0 Å². The van der Waals surface area contributed by atoms with Crippen LogP contribution in [0.25, 0.3) is 0 Å². The van der Waals surface area contributed by atoms with Crippen LogP contribution in [-0.4, -0.2) is 83.9 Å². The number of rotatable bonds is 17. The highest BCUT2D eigenvalue weighted by Crippen LogP contribution is 2.21. The molecule has 0 saturated carbocycles. The van der Waals surface area contributed by atoms with E-state index in [0.29, 0.717) is 26.0 Å². The number of carbonyl (C=O) groups excluding carboxylic acids is 5. The number of hydrogen-bond acceptors (Lipinski definition) is 8. The van der Waals surface area contributed by atoms with Gasteiger partial charge in [-0.3, -0.25) is 19.2 Å². The minimum Gasteiger partial charge on any atom is -0.444 e. The summed E-state index contributed by atoms with van der Waals surface area (Å²) in [5.41, 5.74) is 0.175. The topological polar surface area (TPSA) is 184 Å². The summed E-state index contributed by atoms with van der Waals surface area (Å²) in [7, 11) is 0. The Labute approximate surface area is 291 Å². The van der Waals surface area contributed by atoms with Crippen LogP contribution in [-0.2, 0) is 35.2 Å². The molecule has 1 fully saturated rings. The fourth-order valence-corrected chi connectivity index (χ4v) is 5.51. The molecule has 0 radical (unpaired) electrons. The Morgan fingerprint density at radius 2 is 1.51 bits per heavy atom. The number of alkyl carbamates (subject to hydrolysis) is 1. The number of carbonyl (C=O) groups is 5. The predicted octanol–water partition coefficient (Wildman–Crippen LogP) is 2.80. The molecule has 13 heteroatoms. The smallest absolute Gasteiger partial charge is 0.408 e. The van der Waals surface area contributed by atoms with Crippen LogP contribution < -0.4 is 26.6 Å². The molecule has 1 heterocycles. The molecule has 1 aromatic rings. The lowest BCUT2D eigenvalue weighted by Gasteiger charge is -2.32. The molecule has 1 aromatic carbocycles. The van der Waals surface area contributed by atoms with Crippen molar-refractivity contribution >= 4 is 29.7 Å². The van der Waals surface area contributed by atoms with Gasteiger partial charge >= 0.3 is 6.09 Å². The van der Waals surface area contributed by atoms with Crippen molar-refractivity contribution in [2.45, 2.75) is 124 Å². The lowest BCUT2D eigenvalue weighted by Crippen LogP contribution is -2.59. The summed E-state index contributed by atoms with van der Waals surface area (Å²) in [5.74, 6) is -2.98. The van der Waals surface area contributed by atoms with Gasteiger partial charge < -0.3 is 41.2 Å². The van der Waals surface area contributed by atoms with Gasteiger partial charge in [-0.05, 0) is 64.4 Å². The van der Waals surface area contributed by atoms with Gasteiger partial charge in [0.05, 0.1) is 18.8 Å². The van der Waals surface area contributed by atoms with Crippen LogP contribution in [0, 0.1) is 23.7 Å². The number of ether oxygens (including phenoxy) is 2. The largest absolute Gasteiger partial charge is 0.444 e. The fraction of sp³-hybridized carbons (Fsp3) is 0.694. The summed E-state index contributed by atoms with van der Waals surface area (Å²) in [5, 5.41) is 25.2. The lowest BCUT2D eigenvalue weighted by atomic mass is 9.91. The highest BCUT2D eigenvalue weighted by Gasteiger charge is 2.38. The van der Waals surface area contributed by atoms with E-state index >= 15 is 0 Å². The highest BCUT2D eigenvalue weighted by molar-refractivity contribution is 5.92. The molecule has 7 atom stereocenters. The standard InChI is InChI=1S/C36H59N5O8/c1-21(2)17-27(28(42)18-23(5)31(43)38-24(6)32(44)37-19-25-13-11-10-12-14-25)39-34(46)30(26-15-16-48-20-26)40-33(45)29(22(3)4)41-35(47)49-36(7,8)9/h10-14,21-24,26-30,42H,15-20H2,1-9H3,(H,37,44)(H,38,43)(H,39,46)(H,40,45)(H,41,47)/t23-,24+,26-,27+,28+,29+,30+/m1/s1. The summed E-state index contributed by atoms with van der Waals surface area (Å²) in [6.07, 6.45) is -0.859. The number of aliphatic hydroxyl groups is 1. The van der Waals surface area contributed by atoms with Crippen molar-refractivity contribution in [1.29, 1.82) is 0 Å². The van der Waals surface area contributed by atoms with Gasteiger partial charge in [0, 0.05) is 25.0 Å². The molecule has 0 unspecified atom stereocenters. The fourth-order valence-electron chi connectivity index (χ4n) is 5.51. The van der Waals surface area contributed by atoms with E-state index in [9.17, 15) is 29.1 Å². The summed E-state index contributed by atoms with van der Waals surface area (Å²) < 4.78 is 10.9. The first-order valence-electron chi connectivity index (χ1n) is 17.4. The average Bonchev–Trinajstić information content (AvgIpc) is 3.54. The molecule has 0 bridgehead atoms. The molecular formula is C36H59N5O8. The van der Waals surface area contributed by atoms with Crippen molar-refractivity contribution in [2.75, 3.05) is 13.2 Å². The van der Waals surface area contributed by atoms with Crippen LogP contribution in [0.4, 0.5) is 4.79 Å². The molecule has 1 aliphatic heterocycles. The third kappa shape index (κ3) is 14.7. The molecular weight excluding hydrogens is 630 g/mol. The first-order valence-corrected chi connectivity index (χ1v) is 17.4. The van der Waals surface area contributed by atoms with Gasteiger partial charge in [-0.2, -0.15) is 0 Å². The first-order chi connectivity index (χ1) is 22.9. The SMILES string of the molecule is CC(C)C[C@H](NC(=O)[C@@H](NC(=O)[C@@H](NC(=O)OC(C)(C)C)C(C)C)[C@@H]1CCOC1)[C@@H](O)C[C@@H](C)C(=O)N[C@@H](C)C(=O)NCc1ccccc1. The van der Waals surface area contributed by atoms with Crippen LogP contribution in [0.1, 0.15) is 87.1 Å². The van der Waals surface area contributed by atoms with Crippen LogP contribution in [0.15, 0.2) is 30.3 Å². The highest BCUT2D eigenvalue weighted by atomic mass is 16.6. The monoisotopic (exact) mass is 689 g/mol. The van der Waals surface area contributed by atoms with Crippen molar-refractivity contribution < 1.29 is 38.6 Å². The quantitative estimate of drug-likeness (QED) is 0.144. The molecule has 2 rings (SSSR count). The van der Waals surface area contributed by atoms with Crippen LogP contribution in [0.2, 0.25) is 0 Å². The van der Waals surface area contributed by atoms with Crippen molar-refractivity contribution in [1.82, 2.24) is 26.6 Å². The van der Waals surface area contributed by atoms with Crippen LogP contribution in [0.3, 0.4) is 0 Å². The zero-order valence-corrected chi connectivity index (χ0v) is 30.6. The van der Waals surface area contributed by atoms with Gasteiger partial charge in [-0.1, -0.05) is 65.0 Å². The van der Waals surface area contributed by atoms with E-state index in [4.69, 9.17) is 9.47 Å². The van der Waals surface area contributed by atoms with Gasteiger partial charge in [0.25, 0.3) is 0 Å². The maximum Gasteiger partial charge on any atom is 0.408 e. The number of hydrogen-bond donors (Lipinski definition) is 6. The molecule has 0 spiro atoms. The molecule has 13 nitrogen and oxygen atoms in total. The lowest BCUT2D eigenvalue weighted by molar-refractivity contribution is -0.133. The summed E-state index contributed by atoms with van der Waals surface area (Å²) in [6, 6.07) is 5.95. The summed E-state index contributed by atoms with van der Waals surface area (Å²) >= 11 is 0. The number of benzene rings is 1. The summed E-state index contributed by atoms with van der Waals surface area (Å²) in [6.45, 7) is 16.9. The minimum atomic E-state index is -1.09. The Bertz CT molecular complexity index is 1230. The predicted molar refractivity (Wildman–Crippen MR) is 186 cm³/mol. The molecule has 1 aliphatic rings. The van der Waals surface area contributed by atoms with Crippen LogP contribution in [0.5, 0.6) is 0 Å². The van der Waals surface area contributed by atoms with E-state index in [1.165, 1.54) is 0 Å². The van der Waals surface area contributed by atoms with Crippen molar-refractivity contribution in [3.05, 3.63) is 35.9 Å². The second-order valence-electron chi connectivity index (χ2n) is 14.9. The molecule has 0 aromatic heterocycles. The minimum absolute atomic E-state index is 0.0284. The molecule has 5 amide bonds. The van der Waals surface area contributed by atoms with Gasteiger partial charge in [-0.25, -0.2) is 4.79 Å². The van der Waals surface area contributed by atoms with E-state index < -0.39 is 65.6 Å². The van der Waals surface area contributed by atoms with Gasteiger partial charge in [0.1, 0.15) is 23.7 Å². The van der Waals surface area contributed by atoms with Crippen molar-refractivity contribution in [3.8, 4) is 0 Å². The van der Waals surface area contributed by atoms with E-state index in [2.05, 4.69) is 26.6 Å². The zero-order valence-electron chi connectivity index (χ0n) is 30.6. The third-order valence-corrected chi connectivity index (χ3v) is 8.26. The molecule has 1 saturated heterocycles. The number of amides is 5. The molecule has 49 heavy (non-hydrogen) atoms. The second-order valence-corrected chi connectivity index (χ2v) is 14.9. The molecule has 0 aliphatic carbocycles. The summed E-state index contributed by atoms with van der Waals surface area (Å²) in [4.78, 5) is 65.5. The maximum atomic E-state index is 13.8. The van der Waals surface area contributed by atoms with E-state index in [-0.39, 0.29) is 36.7 Å². The van der Waals surface area contributed by atoms with E-state index in [1.54, 1.807) is 48.5 Å². The van der Waals surface area contributed by atoms with Crippen molar-refractivity contribution in [2.24, 2.45) is 23.7 Å². The Morgan fingerprint density at radius 1 is 0.857 bits per heavy atom. The van der Waals surface area contributed by atoms with E-state index in [0.717, 1.165) is 5.56 Å². The third-order valence-electron chi connectivity index (χ3n) is 8.26. The Kier molecular flexibility index (Phi) is 16.5. The van der Waals surface area contributed by atoms with E-state index in [1.807, 2.05) is 44.2 Å². The van der Waals surface area contributed by atoms with Gasteiger partial charge in [0.2, 0.25) is 23.6 Å². The first kappa shape index (κ1) is 41.5. The number of aliphatic hydroxyl groups excluding tert-OH is 1. The average molecular weight is 690 g/mol. The number of nitrogens with one attached hydrogen (secondary N) is 5. The van der Waals surface area contributed by atoms with Crippen LogP contribution >= 0.6 is 0 Å². The normalized spacial score (nSPS) is 18.4. The zero-order chi connectivity index (χ0) is 36.9. The van der Waals surface area contributed by atoms with Gasteiger partial charge in [0.15, 0.2) is 0 Å². The Hall–Kier alpha value is -3.71. The molecule has 276 valence electrons. The van der Waals surface area contributed by atoms with Gasteiger partial charge in [-0.15, -0.1) is 0 Å². The Morgan fingerprint density at radius 3 is 2.06 bits per heavy atom. The second kappa shape index (κ2) is 19.5. The maximum absolute atomic E-state index is 13.8.